The quantitative estimate of drug-likeness (QED) is 0.509. The van der Waals surface area contributed by atoms with Gasteiger partial charge in [-0.3, -0.25) is 4.57 Å². The lowest BCUT2D eigenvalue weighted by Crippen LogP contribution is -2.01. The first kappa shape index (κ1) is 15.8. The molecule has 6 heteroatoms. The summed E-state index contributed by atoms with van der Waals surface area (Å²) in [5.41, 5.74) is 3.17. The van der Waals surface area contributed by atoms with Gasteiger partial charge < -0.3 is 9.30 Å². The second kappa shape index (κ2) is 6.64. The maximum absolute atomic E-state index is 5.27. The first-order valence-corrected chi connectivity index (χ1v) is 8.96. The Morgan fingerprint density at radius 2 is 1.88 bits per heavy atom. The van der Waals surface area contributed by atoms with Crippen molar-refractivity contribution in [2.24, 2.45) is 7.05 Å². The molecule has 5 nitrogen and oxygen atoms in total. The van der Waals surface area contributed by atoms with Gasteiger partial charge in [0, 0.05) is 25.1 Å². The van der Waals surface area contributed by atoms with E-state index in [1.807, 2.05) is 54.3 Å². The van der Waals surface area contributed by atoms with Crippen LogP contribution < -0.4 is 4.74 Å². The van der Waals surface area contributed by atoms with E-state index in [9.17, 15) is 0 Å². The molecule has 25 heavy (non-hydrogen) atoms. The van der Waals surface area contributed by atoms with Crippen LogP contribution in [0.15, 0.2) is 66.1 Å². The van der Waals surface area contributed by atoms with Gasteiger partial charge in [-0.1, -0.05) is 23.9 Å². The van der Waals surface area contributed by atoms with E-state index in [1.54, 1.807) is 18.9 Å². The van der Waals surface area contributed by atoms with Crippen molar-refractivity contribution in [3.63, 3.8) is 0 Å². The van der Waals surface area contributed by atoms with E-state index in [4.69, 9.17) is 9.72 Å². The van der Waals surface area contributed by atoms with Crippen molar-refractivity contribution in [1.82, 2.24) is 19.1 Å². The number of fused-ring (bicyclic) bond motifs is 1. The molecule has 2 heterocycles. The Morgan fingerprint density at radius 3 is 2.60 bits per heavy atom. The number of benzene rings is 2. The van der Waals surface area contributed by atoms with E-state index in [0.29, 0.717) is 0 Å². The molecular formula is C19H18N4OS. The first-order chi connectivity index (χ1) is 12.3. The zero-order valence-corrected chi connectivity index (χ0v) is 14.9. The number of imidazole rings is 2. The van der Waals surface area contributed by atoms with Crippen LogP contribution in [0.4, 0.5) is 0 Å². The van der Waals surface area contributed by atoms with E-state index < -0.39 is 0 Å². The van der Waals surface area contributed by atoms with Crippen LogP contribution >= 0.6 is 11.8 Å². The molecule has 0 spiro atoms. The van der Waals surface area contributed by atoms with Crippen LogP contribution in [0.3, 0.4) is 0 Å². The van der Waals surface area contributed by atoms with Gasteiger partial charge in [-0.2, -0.15) is 0 Å². The SMILES string of the molecule is COc1ccc(-n2c(CSc3nccn3C)nc3ccccc32)cc1. The van der Waals surface area contributed by atoms with Crippen LogP contribution in [-0.2, 0) is 12.8 Å². The lowest BCUT2D eigenvalue weighted by molar-refractivity contribution is 0.414. The first-order valence-electron chi connectivity index (χ1n) is 7.97. The third-order valence-electron chi connectivity index (χ3n) is 4.07. The van der Waals surface area contributed by atoms with Crippen molar-refractivity contribution >= 4 is 22.8 Å². The summed E-state index contributed by atoms with van der Waals surface area (Å²) in [5.74, 6) is 2.59. The summed E-state index contributed by atoms with van der Waals surface area (Å²) in [4.78, 5) is 9.22. The van der Waals surface area contributed by atoms with Gasteiger partial charge in [0.15, 0.2) is 5.16 Å². The molecular weight excluding hydrogens is 332 g/mol. The highest BCUT2D eigenvalue weighted by Crippen LogP contribution is 2.27. The Labute approximate surface area is 150 Å². The Kier molecular flexibility index (Phi) is 4.19. The van der Waals surface area contributed by atoms with Gasteiger partial charge in [-0.25, -0.2) is 9.97 Å². The zero-order chi connectivity index (χ0) is 17.2. The zero-order valence-electron chi connectivity index (χ0n) is 14.1. The van der Waals surface area contributed by atoms with Crippen molar-refractivity contribution in [3.8, 4) is 11.4 Å². The van der Waals surface area contributed by atoms with E-state index in [2.05, 4.69) is 27.8 Å². The van der Waals surface area contributed by atoms with Crippen LogP contribution in [0.25, 0.3) is 16.7 Å². The highest BCUT2D eigenvalue weighted by Gasteiger charge is 2.13. The standard InChI is InChI=1S/C19H18N4OS/c1-22-12-11-20-19(22)25-13-18-21-16-5-3-4-6-17(16)23(18)14-7-9-15(24-2)10-8-14/h3-12H,13H2,1-2H3. The largest absolute Gasteiger partial charge is 0.497 e. The Balaban J connectivity index is 1.76. The molecule has 0 aliphatic carbocycles. The van der Waals surface area contributed by atoms with Gasteiger partial charge in [0.05, 0.1) is 23.9 Å². The number of methoxy groups -OCH3 is 1. The number of rotatable bonds is 5. The molecule has 0 saturated carbocycles. The summed E-state index contributed by atoms with van der Waals surface area (Å²) in [7, 11) is 3.68. The van der Waals surface area contributed by atoms with Crippen LogP contribution in [0.1, 0.15) is 5.82 Å². The summed E-state index contributed by atoms with van der Waals surface area (Å²) in [5, 5.41) is 0.980. The van der Waals surface area contributed by atoms with Gasteiger partial charge >= 0.3 is 0 Å². The van der Waals surface area contributed by atoms with Crippen molar-refractivity contribution in [2.45, 2.75) is 10.9 Å². The molecule has 0 bridgehead atoms. The minimum atomic E-state index is 0.742. The summed E-state index contributed by atoms with van der Waals surface area (Å²) in [6, 6.07) is 16.3. The monoisotopic (exact) mass is 350 g/mol. The predicted octanol–water partition coefficient (Wildman–Crippen LogP) is 4.06. The molecule has 0 N–H and O–H groups in total. The minimum Gasteiger partial charge on any atom is -0.497 e. The third-order valence-corrected chi connectivity index (χ3v) is 5.12. The van der Waals surface area contributed by atoms with Crippen LogP contribution in [0.5, 0.6) is 5.75 Å². The smallest absolute Gasteiger partial charge is 0.168 e. The fourth-order valence-corrected chi connectivity index (χ4v) is 3.66. The van der Waals surface area contributed by atoms with Gasteiger partial charge in [-0.05, 0) is 36.4 Å². The van der Waals surface area contributed by atoms with E-state index in [-0.39, 0.29) is 0 Å². The fraction of sp³-hybridized carbons (Fsp3) is 0.158. The van der Waals surface area contributed by atoms with Crippen LogP contribution in [-0.4, -0.2) is 26.2 Å². The molecule has 4 aromatic rings. The number of thioether (sulfide) groups is 1. The van der Waals surface area contributed by atoms with E-state index >= 15 is 0 Å². The fourth-order valence-electron chi connectivity index (χ4n) is 2.81. The number of hydrogen-bond acceptors (Lipinski definition) is 4. The lowest BCUT2D eigenvalue weighted by atomic mass is 10.2. The molecule has 2 aromatic carbocycles. The molecule has 0 radical (unpaired) electrons. The summed E-state index contributed by atoms with van der Waals surface area (Å²) >= 11 is 1.68. The number of para-hydroxylation sites is 2. The van der Waals surface area contributed by atoms with Gasteiger partial charge in [0.2, 0.25) is 0 Å². The highest BCUT2D eigenvalue weighted by atomic mass is 32.2. The Morgan fingerprint density at radius 1 is 1.08 bits per heavy atom. The Bertz CT molecular complexity index is 1000. The van der Waals surface area contributed by atoms with Gasteiger partial charge in [-0.15, -0.1) is 0 Å². The molecule has 0 aliphatic rings. The van der Waals surface area contributed by atoms with E-state index in [1.165, 1.54) is 0 Å². The molecule has 0 fully saturated rings. The molecule has 0 aliphatic heterocycles. The van der Waals surface area contributed by atoms with Crippen LogP contribution in [0, 0.1) is 0 Å². The number of aromatic nitrogens is 4. The molecule has 0 amide bonds. The van der Waals surface area contributed by atoms with Crippen molar-refractivity contribution in [1.29, 1.82) is 0 Å². The Hall–Kier alpha value is -2.73. The summed E-state index contributed by atoms with van der Waals surface area (Å²) in [6.45, 7) is 0. The van der Waals surface area contributed by atoms with Gasteiger partial charge in [0.1, 0.15) is 11.6 Å². The molecule has 0 atom stereocenters. The topological polar surface area (TPSA) is 44.9 Å². The van der Waals surface area contributed by atoms with Crippen molar-refractivity contribution in [3.05, 3.63) is 66.7 Å². The molecule has 0 unspecified atom stereocenters. The number of ether oxygens (including phenoxy) is 1. The van der Waals surface area contributed by atoms with Crippen molar-refractivity contribution in [2.75, 3.05) is 7.11 Å². The third kappa shape index (κ3) is 3.00. The maximum Gasteiger partial charge on any atom is 0.168 e. The minimum absolute atomic E-state index is 0.742. The van der Waals surface area contributed by atoms with Gasteiger partial charge in [0.25, 0.3) is 0 Å². The maximum atomic E-state index is 5.27. The highest BCUT2D eigenvalue weighted by molar-refractivity contribution is 7.98. The van der Waals surface area contributed by atoms with E-state index in [0.717, 1.165) is 39.2 Å². The molecule has 4 rings (SSSR count). The average molecular weight is 350 g/mol. The summed E-state index contributed by atoms with van der Waals surface area (Å²) < 4.78 is 9.49. The molecule has 2 aromatic heterocycles. The number of nitrogens with zero attached hydrogens (tertiary/aromatic N) is 4. The second-order valence-corrected chi connectivity index (χ2v) is 6.60. The molecule has 0 saturated heterocycles. The van der Waals surface area contributed by atoms with Crippen LogP contribution in [0.2, 0.25) is 0 Å². The summed E-state index contributed by atoms with van der Waals surface area (Å²) in [6.07, 6.45) is 3.77. The number of hydrogen-bond donors (Lipinski definition) is 0. The molecule has 126 valence electrons. The lowest BCUT2D eigenvalue weighted by Gasteiger charge is -2.10. The normalized spacial score (nSPS) is 11.1. The predicted molar refractivity (Wildman–Crippen MR) is 100 cm³/mol. The second-order valence-electron chi connectivity index (χ2n) is 5.66. The van der Waals surface area contributed by atoms with Crippen molar-refractivity contribution < 1.29 is 4.74 Å². The number of aryl methyl sites for hydroxylation is 1. The average Bonchev–Trinajstić information content (AvgIpc) is 3.23.